The van der Waals surface area contributed by atoms with Crippen molar-refractivity contribution in [3.63, 3.8) is 0 Å². The van der Waals surface area contributed by atoms with Crippen LogP contribution in [0.3, 0.4) is 0 Å². The lowest BCUT2D eigenvalue weighted by Crippen LogP contribution is -2.40. The average molecular weight is 548 g/mol. The predicted octanol–water partition coefficient (Wildman–Crippen LogP) is 6.25. The predicted molar refractivity (Wildman–Crippen MR) is 135 cm³/mol. The molecule has 0 unspecified atom stereocenters. The number of carbonyl (C=O) groups excluding carboxylic acids is 1. The van der Waals surface area contributed by atoms with Crippen LogP contribution in [0.1, 0.15) is 37.7 Å². The highest BCUT2D eigenvalue weighted by atomic mass is 127. The molecule has 4 rings (SSSR count). The van der Waals surface area contributed by atoms with Gasteiger partial charge in [-0.15, -0.1) is 0 Å². The Balaban J connectivity index is 1.71. The van der Waals surface area contributed by atoms with Gasteiger partial charge in [0.1, 0.15) is 0 Å². The molecule has 0 aromatic heterocycles. The number of rotatable bonds is 5. The highest BCUT2D eigenvalue weighted by molar-refractivity contribution is 14.1. The number of aliphatic imine (C=N–C) groups is 1. The first kappa shape index (κ1) is 22.2. The molecule has 1 aliphatic heterocycles. The lowest BCUT2D eigenvalue weighted by Gasteiger charge is -2.30. The topological polar surface area (TPSA) is 51.1 Å². The molecule has 1 aliphatic carbocycles. The fourth-order valence-electron chi connectivity index (χ4n) is 4.01. The van der Waals surface area contributed by atoms with Crippen LogP contribution >= 0.6 is 34.4 Å². The number of halogens is 1. The molecule has 162 valence electrons. The van der Waals surface area contributed by atoms with Crippen molar-refractivity contribution in [2.45, 2.75) is 38.1 Å². The third-order valence-electron chi connectivity index (χ3n) is 5.51. The zero-order valence-corrected chi connectivity index (χ0v) is 20.6. The average Bonchev–Trinajstić information content (AvgIpc) is 3.09. The van der Waals surface area contributed by atoms with Gasteiger partial charge in [0, 0.05) is 6.04 Å². The van der Waals surface area contributed by atoms with E-state index in [2.05, 4.69) is 22.6 Å². The van der Waals surface area contributed by atoms with Gasteiger partial charge in [-0.1, -0.05) is 37.5 Å². The molecule has 1 saturated heterocycles. The lowest BCUT2D eigenvalue weighted by molar-refractivity contribution is -0.124. The van der Waals surface area contributed by atoms with Crippen LogP contribution in [0.15, 0.2) is 52.4 Å². The van der Waals surface area contributed by atoms with Crippen LogP contribution in [0, 0.1) is 3.57 Å². The fraction of sp³-hybridized carbons (Fsp3) is 0.333. The number of ether oxygens (including phenoxy) is 2. The first-order valence-electron chi connectivity index (χ1n) is 10.4. The second-order valence-electron chi connectivity index (χ2n) is 7.55. The van der Waals surface area contributed by atoms with Gasteiger partial charge in [0.25, 0.3) is 5.91 Å². The van der Waals surface area contributed by atoms with Crippen LogP contribution < -0.4 is 9.47 Å². The van der Waals surface area contributed by atoms with Crippen molar-refractivity contribution in [2.24, 2.45) is 4.99 Å². The number of methoxy groups -OCH3 is 2. The summed E-state index contributed by atoms with van der Waals surface area (Å²) in [5.41, 5.74) is 1.77. The van der Waals surface area contributed by atoms with Crippen LogP contribution in [-0.2, 0) is 4.79 Å². The Kier molecular flexibility index (Phi) is 7.22. The van der Waals surface area contributed by atoms with E-state index in [1.54, 1.807) is 14.2 Å². The molecule has 0 N–H and O–H groups in total. The molecule has 0 atom stereocenters. The van der Waals surface area contributed by atoms with E-state index >= 15 is 0 Å². The van der Waals surface area contributed by atoms with Gasteiger partial charge in [0.2, 0.25) is 0 Å². The molecular formula is C24H25IN2O3S. The van der Waals surface area contributed by atoms with Gasteiger partial charge in [-0.05, 0) is 83.1 Å². The molecule has 5 nitrogen and oxygen atoms in total. The first-order valence-corrected chi connectivity index (χ1v) is 12.3. The number of benzene rings is 2. The first-order chi connectivity index (χ1) is 15.1. The standard InChI is InChI=1S/C24H25IN2O3S/c1-29-20-14-16(13-19(25)22(20)30-2)15-21-23(28)27(18-11-7-4-8-12-18)24(31-21)26-17-9-5-3-6-10-17/h3,5-6,9-10,13-15,18H,4,7-8,11-12H2,1-2H3/b21-15-,26-24?. The molecule has 2 aromatic rings. The van der Waals surface area contributed by atoms with Gasteiger partial charge in [0.05, 0.1) is 28.4 Å². The van der Waals surface area contributed by atoms with Gasteiger partial charge in [-0.2, -0.15) is 0 Å². The summed E-state index contributed by atoms with van der Waals surface area (Å²) in [6.45, 7) is 0. The maximum Gasteiger partial charge on any atom is 0.267 e. The van der Waals surface area contributed by atoms with E-state index in [1.807, 2.05) is 53.4 Å². The van der Waals surface area contributed by atoms with Crippen LogP contribution in [0.25, 0.3) is 6.08 Å². The summed E-state index contributed by atoms with van der Waals surface area (Å²) in [7, 11) is 3.25. The number of nitrogens with zero attached hydrogens (tertiary/aromatic N) is 2. The van der Waals surface area contributed by atoms with E-state index in [4.69, 9.17) is 14.5 Å². The normalized spacial score (nSPS) is 20.0. The second-order valence-corrected chi connectivity index (χ2v) is 9.72. The van der Waals surface area contributed by atoms with Gasteiger partial charge in [-0.25, -0.2) is 4.99 Å². The smallest absolute Gasteiger partial charge is 0.267 e. The number of para-hydroxylation sites is 1. The quantitative estimate of drug-likeness (QED) is 0.328. The van der Waals surface area contributed by atoms with Crippen molar-refractivity contribution < 1.29 is 14.3 Å². The Morgan fingerprint density at radius 2 is 1.84 bits per heavy atom. The number of amidine groups is 1. The van der Waals surface area contributed by atoms with E-state index in [0.717, 1.165) is 45.7 Å². The van der Waals surface area contributed by atoms with Gasteiger partial charge >= 0.3 is 0 Å². The Labute approximate surface area is 201 Å². The summed E-state index contributed by atoms with van der Waals surface area (Å²) in [5.74, 6) is 1.39. The maximum atomic E-state index is 13.5. The van der Waals surface area contributed by atoms with E-state index < -0.39 is 0 Å². The zero-order valence-electron chi connectivity index (χ0n) is 17.6. The summed E-state index contributed by atoms with van der Waals surface area (Å²) in [5, 5.41) is 0.768. The minimum atomic E-state index is 0.0383. The van der Waals surface area contributed by atoms with Crippen LogP contribution in [-0.4, -0.2) is 36.2 Å². The number of hydrogen-bond acceptors (Lipinski definition) is 5. The number of carbonyl (C=O) groups is 1. The summed E-state index contributed by atoms with van der Waals surface area (Å²) in [4.78, 5) is 20.9. The Morgan fingerprint density at radius 1 is 1.10 bits per heavy atom. The Bertz CT molecular complexity index is 1020. The summed E-state index contributed by atoms with van der Waals surface area (Å²) >= 11 is 3.68. The SMILES string of the molecule is COc1cc(/C=C2\SC(=Nc3ccccc3)N(C3CCCCC3)C2=O)cc(I)c1OC. The van der Waals surface area contributed by atoms with Crippen molar-refractivity contribution in [3.8, 4) is 11.5 Å². The van der Waals surface area contributed by atoms with E-state index in [-0.39, 0.29) is 11.9 Å². The summed E-state index contributed by atoms with van der Waals surface area (Å²) in [6.07, 6.45) is 7.54. The van der Waals surface area contributed by atoms with Crippen molar-refractivity contribution in [1.29, 1.82) is 0 Å². The minimum Gasteiger partial charge on any atom is -0.493 e. The monoisotopic (exact) mass is 548 g/mol. The zero-order chi connectivity index (χ0) is 21.8. The van der Waals surface area contributed by atoms with Crippen molar-refractivity contribution in [1.82, 2.24) is 4.90 Å². The maximum absolute atomic E-state index is 13.5. The minimum absolute atomic E-state index is 0.0383. The summed E-state index contributed by atoms with van der Waals surface area (Å²) in [6, 6.07) is 14.0. The molecule has 7 heteroatoms. The number of amides is 1. The summed E-state index contributed by atoms with van der Waals surface area (Å²) < 4.78 is 11.9. The van der Waals surface area contributed by atoms with Gasteiger partial charge in [-0.3, -0.25) is 9.69 Å². The second kappa shape index (κ2) is 10.1. The highest BCUT2D eigenvalue weighted by Gasteiger charge is 2.38. The molecule has 0 spiro atoms. The van der Waals surface area contributed by atoms with Gasteiger partial charge < -0.3 is 9.47 Å². The fourth-order valence-corrected chi connectivity index (χ4v) is 5.92. The van der Waals surface area contributed by atoms with E-state index in [0.29, 0.717) is 16.4 Å². The molecule has 31 heavy (non-hydrogen) atoms. The molecule has 1 saturated carbocycles. The van der Waals surface area contributed by atoms with Crippen LogP contribution in [0.5, 0.6) is 11.5 Å². The van der Waals surface area contributed by atoms with Crippen LogP contribution in [0.4, 0.5) is 5.69 Å². The lowest BCUT2D eigenvalue weighted by atomic mass is 9.94. The Hall–Kier alpha value is -2.00. The molecular weight excluding hydrogens is 523 g/mol. The van der Waals surface area contributed by atoms with Gasteiger partial charge in [0.15, 0.2) is 16.7 Å². The third-order valence-corrected chi connectivity index (χ3v) is 7.30. The molecule has 2 aromatic carbocycles. The molecule has 2 aliphatic rings. The molecule has 1 amide bonds. The van der Waals surface area contributed by atoms with Crippen molar-refractivity contribution in [2.75, 3.05) is 14.2 Å². The van der Waals surface area contributed by atoms with E-state index in [9.17, 15) is 4.79 Å². The highest BCUT2D eigenvalue weighted by Crippen LogP contribution is 2.40. The third kappa shape index (κ3) is 4.92. The van der Waals surface area contributed by atoms with Crippen LogP contribution in [0.2, 0.25) is 0 Å². The Morgan fingerprint density at radius 3 is 2.52 bits per heavy atom. The largest absolute Gasteiger partial charge is 0.493 e. The van der Waals surface area contributed by atoms with Crippen molar-refractivity contribution in [3.05, 3.63) is 56.5 Å². The van der Waals surface area contributed by atoms with E-state index in [1.165, 1.54) is 18.2 Å². The molecule has 0 radical (unpaired) electrons. The molecule has 0 bridgehead atoms. The van der Waals surface area contributed by atoms with Crippen molar-refractivity contribution >= 4 is 57.2 Å². The molecule has 2 fully saturated rings. The number of thioether (sulfide) groups is 1. The molecule has 1 heterocycles. The number of hydrogen-bond donors (Lipinski definition) is 0.